The van der Waals surface area contributed by atoms with E-state index in [9.17, 15) is 19.5 Å². The van der Waals surface area contributed by atoms with Crippen molar-refractivity contribution < 1.29 is 19.5 Å². The van der Waals surface area contributed by atoms with Crippen LogP contribution < -0.4 is 0 Å². The second-order valence-corrected chi connectivity index (χ2v) is 5.59. The van der Waals surface area contributed by atoms with Gasteiger partial charge in [-0.15, -0.1) is 0 Å². The van der Waals surface area contributed by atoms with Crippen molar-refractivity contribution in [3.05, 3.63) is 0 Å². The van der Waals surface area contributed by atoms with Crippen molar-refractivity contribution in [3.8, 4) is 0 Å². The van der Waals surface area contributed by atoms with E-state index < -0.39 is 17.6 Å². The standard InChI is InChI=1S/C14H22N2O4/c1-3-7-15-11(17)9-10(12(15)18)16-8-5-6-14(16,4-2)13(19)20/h10H,3-9H2,1-2H3,(H,19,20). The highest BCUT2D eigenvalue weighted by Gasteiger charge is 2.54. The van der Waals surface area contributed by atoms with Crippen LogP contribution >= 0.6 is 0 Å². The summed E-state index contributed by atoms with van der Waals surface area (Å²) in [7, 11) is 0. The first kappa shape index (κ1) is 15.0. The van der Waals surface area contributed by atoms with Crippen LogP contribution in [0.25, 0.3) is 0 Å². The van der Waals surface area contributed by atoms with Crippen molar-refractivity contribution in [1.29, 1.82) is 0 Å². The Morgan fingerprint density at radius 1 is 1.40 bits per heavy atom. The number of imide groups is 1. The van der Waals surface area contributed by atoms with Gasteiger partial charge in [-0.3, -0.25) is 24.2 Å². The van der Waals surface area contributed by atoms with Crippen LogP contribution in [0.1, 0.15) is 46.0 Å². The number of carboxylic acid groups (broad SMARTS) is 1. The monoisotopic (exact) mass is 282 g/mol. The minimum absolute atomic E-state index is 0.119. The number of carbonyl (C=O) groups excluding carboxylic acids is 2. The summed E-state index contributed by atoms with van der Waals surface area (Å²) in [6, 6.07) is -0.590. The van der Waals surface area contributed by atoms with Crippen LogP contribution in [0.5, 0.6) is 0 Å². The molecule has 0 aliphatic carbocycles. The molecule has 0 aromatic rings. The largest absolute Gasteiger partial charge is 0.480 e. The number of rotatable bonds is 5. The molecule has 0 aromatic heterocycles. The average Bonchev–Trinajstić information content (AvgIpc) is 2.95. The lowest BCUT2D eigenvalue weighted by atomic mass is 9.91. The van der Waals surface area contributed by atoms with E-state index >= 15 is 0 Å². The fourth-order valence-corrected chi connectivity index (χ4v) is 3.48. The lowest BCUT2D eigenvalue weighted by Gasteiger charge is -2.36. The maximum absolute atomic E-state index is 12.4. The van der Waals surface area contributed by atoms with E-state index in [1.807, 2.05) is 13.8 Å². The van der Waals surface area contributed by atoms with Crippen LogP contribution in [0.2, 0.25) is 0 Å². The fourth-order valence-electron chi connectivity index (χ4n) is 3.48. The van der Waals surface area contributed by atoms with Crippen molar-refractivity contribution in [2.24, 2.45) is 0 Å². The van der Waals surface area contributed by atoms with Gasteiger partial charge in [-0.1, -0.05) is 13.8 Å². The number of hydrogen-bond acceptors (Lipinski definition) is 4. The van der Waals surface area contributed by atoms with E-state index in [4.69, 9.17) is 0 Å². The predicted molar refractivity (Wildman–Crippen MR) is 72.0 cm³/mol. The van der Waals surface area contributed by atoms with Crippen molar-refractivity contribution in [3.63, 3.8) is 0 Å². The molecule has 1 N–H and O–H groups in total. The molecule has 2 aliphatic rings. The third-order valence-corrected chi connectivity index (χ3v) is 4.57. The molecule has 2 amide bonds. The SMILES string of the molecule is CCCN1C(=O)CC(N2CCCC2(CC)C(=O)O)C1=O. The number of amides is 2. The summed E-state index contributed by atoms with van der Waals surface area (Å²) in [5.41, 5.74) is -0.983. The third kappa shape index (κ3) is 2.12. The summed E-state index contributed by atoms with van der Waals surface area (Å²) in [4.78, 5) is 39.0. The Balaban J connectivity index is 2.25. The molecule has 2 rings (SSSR count). The van der Waals surface area contributed by atoms with E-state index in [1.165, 1.54) is 4.90 Å². The van der Waals surface area contributed by atoms with E-state index in [2.05, 4.69) is 0 Å². The van der Waals surface area contributed by atoms with Crippen LogP contribution in [-0.4, -0.2) is 57.4 Å². The first-order valence-electron chi connectivity index (χ1n) is 7.32. The number of nitrogens with zero attached hydrogens (tertiary/aromatic N) is 2. The Kier molecular flexibility index (Phi) is 4.13. The highest BCUT2D eigenvalue weighted by molar-refractivity contribution is 6.05. The van der Waals surface area contributed by atoms with Gasteiger partial charge in [-0.2, -0.15) is 0 Å². The molecule has 2 atom stereocenters. The van der Waals surface area contributed by atoms with Gasteiger partial charge in [0.2, 0.25) is 11.8 Å². The molecule has 0 bridgehead atoms. The van der Waals surface area contributed by atoms with Gasteiger partial charge in [0.05, 0.1) is 12.5 Å². The number of aliphatic carboxylic acids is 1. The predicted octanol–water partition coefficient (Wildman–Crippen LogP) is 0.853. The van der Waals surface area contributed by atoms with Crippen LogP contribution in [-0.2, 0) is 14.4 Å². The Hall–Kier alpha value is -1.43. The topological polar surface area (TPSA) is 77.9 Å². The van der Waals surface area contributed by atoms with Crippen molar-refractivity contribution in [2.45, 2.75) is 57.5 Å². The first-order valence-corrected chi connectivity index (χ1v) is 7.32. The first-order chi connectivity index (χ1) is 9.47. The zero-order chi connectivity index (χ0) is 14.9. The molecule has 6 nitrogen and oxygen atoms in total. The second-order valence-electron chi connectivity index (χ2n) is 5.59. The molecule has 0 aromatic carbocycles. The number of likely N-dealkylation sites (tertiary alicyclic amines) is 2. The van der Waals surface area contributed by atoms with E-state index in [1.54, 1.807) is 4.90 Å². The molecular formula is C14H22N2O4. The fraction of sp³-hybridized carbons (Fsp3) is 0.786. The average molecular weight is 282 g/mol. The van der Waals surface area contributed by atoms with Crippen molar-refractivity contribution in [1.82, 2.24) is 9.80 Å². The smallest absolute Gasteiger partial charge is 0.324 e. The maximum atomic E-state index is 12.4. The van der Waals surface area contributed by atoms with E-state index in [-0.39, 0.29) is 18.2 Å². The van der Waals surface area contributed by atoms with Crippen molar-refractivity contribution >= 4 is 17.8 Å². The Bertz CT molecular complexity index is 437. The third-order valence-electron chi connectivity index (χ3n) is 4.57. The molecule has 20 heavy (non-hydrogen) atoms. The van der Waals surface area contributed by atoms with Gasteiger partial charge < -0.3 is 5.11 Å². The highest BCUT2D eigenvalue weighted by atomic mass is 16.4. The number of carboxylic acids is 1. The highest BCUT2D eigenvalue weighted by Crippen LogP contribution is 2.37. The van der Waals surface area contributed by atoms with Gasteiger partial charge in [0.25, 0.3) is 0 Å². The molecule has 2 fully saturated rings. The van der Waals surface area contributed by atoms with Crippen LogP contribution in [0, 0.1) is 0 Å². The molecule has 2 unspecified atom stereocenters. The van der Waals surface area contributed by atoms with Crippen molar-refractivity contribution in [2.75, 3.05) is 13.1 Å². The molecule has 2 aliphatic heterocycles. The molecule has 0 spiro atoms. The molecule has 6 heteroatoms. The summed E-state index contributed by atoms with van der Waals surface area (Å²) in [5.74, 6) is -1.28. The summed E-state index contributed by atoms with van der Waals surface area (Å²) in [6.07, 6.45) is 2.60. The Morgan fingerprint density at radius 2 is 2.10 bits per heavy atom. The van der Waals surface area contributed by atoms with Gasteiger partial charge in [-0.05, 0) is 25.7 Å². The van der Waals surface area contributed by atoms with Gasteiger partial charge in [-0.25, -0.2) is 0 Å². The summed E-state index contributed by atoms with van der Waals surface area (Å²) >= 11 is 0. The van der Waals surface area contributed by atoms with E-state index in [0.717, 1.165) is 12.8 Å². The van der Waals surface area contributed by atoms with Crippen LogP contribution in [0.4, 0.5) is 0 Å². The van der Waals surface area contributed by atoms with Gasteiger partial charge >= 0.3 is 5.97 Å². The molecular weight excluding hydrogens is 260 g/mol. The summed E-state index contributed by atoms with van der Waals surface area (Å²) < 4.78 is 0. The van der Waals surface area contributed by atoms with Crippen LogP contribution in [0.15, 0.2) is 0 Å². The summed E-state index contributed by atoms with van der Waals surface area (Å²) in [6.45, 7) is 4.74. The molecule has 0 radical (unpaired) electrons. The molecule has 0 saturated carbocycles. The lowest BCUT2D eigenvalue weighted by molar-refractivity contribution is -0.153. The molecule has 2 heterocycles. The molecule has 2 saturated heterocycles. The van der Waals surface area contributed by atoms with Gasteiger partial charge in [0.15, 0.2) is 0 Å². The van der Waals surface area contributed by atoms with E-state index in [0.29, 0.717) is 25.9 Å². The van der Waals surface area contributed by atoms with Gasteiger partial charge in [0.1, 0.15) is 5.54 Å². The number of hydrogen-bond donors (Lipinski definition) is 1. The molecule has 112 valence electrons. The minimum atomic E-state index is -0.983. The minimum Gasteiger partial charge on any atom is -0.480 e. The normalized spacial score (nSPS) is 31.3. The maximum Gasteiger partial charge on any atom is 0.324 e. The summed E-state index contributed by atoms with van der Waals surface area (Å²) in [5, 5.41) is 9.56. The zero-order valence-electron chi connectivity index (χ0n) is 12.1. The van der Waals surface area contributed by atoms with Crippen LogP contribution in [0.3, 0.4) is 0 Å². The Labute approximate surface area is 118 Å². The quantitative estimate of drug-likeness (QED) is 0.756. The number of carbonyl (C=O) groups is 3. The second kappa shape index (κ2) is 5.52. The van der Waals surface area contributed by atoms with Gasteiger partial charge in [0, 0.05) is 13.1 Å². The lowest BCUT2D eigenvalue weighted by Crippen LogP contribution is -2.56. The Morgan fingerprint density at radius 3 is 2.65 bits per heavy atom. The zero-order valence-corrected chi connectivity index (χ0v) is 12.1.